The van der Waals surface area contributed by atoms with E-state index in [4.69, 9.17) is 0 Å². The first kappa shape index (κ1) is 18.6. The van der Waals surface area contributed by atoms with Gasteiger partial charge in [-0.1, -0.05) is 30.3 Å². The lowest BCUT2D eigenvalue weighted by Crippen LogP contribution is -2.36. The van der Waals surface area contributed by atoms with E-state index >= 15 is 0 Å². The van der Waals surface area contributed by atoms with Crippen molar-refractivity contribution in [3.63, 3.8) is 0 Å². The molecular weight excluding hydrogens is 340 g/mol. The molecule has 3 aromatic rings. The number of para-hydroxylation sites is 2. The van der Waals surface area contributed by atoms with Gasteiger partial charge in [-0.2, -0.15) is 0 Å². The molecule has 27 heavy (non-hydrogen) atoms. The summed E-state index contributed by atoms with van der Waals surface area (Å²) in [5, 5.41) is 2.86. The van der Waals surface area contributed by atoms with Crippen molar-refractivity contribution in [3.05, 3.63) is 60.2 Å². The second-order valence-corrected chi connectivity index (χ2v) is 7.51. The molecule has 6 nitrogen and oxygen atoms in total. The highest BCUT2D eigenvalue weighted by molar-refractivity contribution is 5.99. The number of hydrogen-bond donors (Lipinski definition) is 1. The van der Waals surface area contributed by atoms with Gasteiger partial charge in [-0.05, 0) is 45.0 Å². The standard InChI is InChI=1S/C21H24N4O2/c1-21(2,3)25-17-13-9-8-12-16(17)22-20(25)23-18(26)14-24(4)19(27)15-10-6-5-7-11-15/h5-13H,14H2,1-4H3,(H,22,23,26). The summed E-state index contributed by atoms with van der Waals surface area (Å²) in [4.78, 5) is 30.9. The highest BCUT2D eigenvalue weighted by Crippen LogP contribution is 2.27. The van der Waals surface area contributed by atoms with E-state index in [-0.39, 0.29) is 23.9 Å². The zero-order chi connectivity index (χ0) is 19.6. The van der Waals surface area contributed by atoms with Crippen LogP contribution in [0.3, 0.4) is 0 Å². The number of rotatable bonds is 4. The van der Waals surface area contributed by atoms with Crippen LogP contribution in [0.2, 0.25) is 0 Å². The van der Waals surface area contributed by atoms with Gasteiger partial charge in [-0.25, -0.2) is 4.98 Å². The van der Waals surface area contributed by atoms with Crippen molar-refractivity contribution in [2.75, 3.05) is 18.9 Å². The molecule has 140 valence electrons. The quantitative estimate of drug-likeness (QED) is 0.770. The highest BCUT2D eigenvalue weighted by Gasteiger charge is 2.23. The molecule has 0 saturated carbocycles. The number of imidazole rings is 1. The average molecular weight is 364 g/mol. The number of nitrogens with one attached hydrogen (secondary N) is 1. The lowest BCUT2D eigenvalue weighted by molar-refractivity contribution is -0.116. The summed E-state index contributed by atoms with van der Waals surface area (Å²) in [5.74, 6) is -0.00748. The largest absolute Gasteiger partial charge is 0.332 e. The number of amides is 2. The van der Waals surface area contributed by atoms with Gasteiger partial charge in [-0.15, -0.1) is 0 Å². The van der Waals surface area contributed by atoms with Crippen molar-refractivity contribution < 1.29 is 9.59 Å². The lowest BCUT2D eigenvalue weighted by atomic mass is 10.1. The second kappa shape index (κ2) is 7.23. The molecule has 2 amide bonds. The Morgan fingerprint density at radius 1 is 1.04 bits per heavy atom. The van der Waals surface area contributed by atoms with Crippen molar-refractivity contribution in [1.29, 1.82) is 0 Å². The molecule has 0 radical (unpaired) electrons. The van der Waals surface area contributed by atoms with Gasteiger partial charge < -0.3 is 9.47 Å². The van der Waals surface area contributed by atoms with Crippen LogP contribution in [0.25, 0.3) is 11.0 Å². The first-order valence-corrected chi connectivity index (χ1v) is 8.85. The SMILES string of the molecule is CN(CC(=O)Nc1nc2ccccc2n1C(C)(C)C)C(=O)c1ccccc1. The molecule has 3 rings (SSSR count). The minimum atomic E-state index is -0.289. The number of carbonyl (C=O) groups excluding carboxylic acids is 2. The molecule has 0 atom stereocenters. The molecule has 1 N–H and O–H groups in total. The predicted octanol–water partition coefficient (Wildman–Crippen LogP) is 3.50. The van der Waals surface area contributed by atoms with Gasteiger partial charge in [0.15, 0.2) is 0 Å². The molecule has 2 aromatic carbocycles. The van der Waals surface area contributed by atoms with E-state index in [0.29, 0.717) is 11.5 Å². The summed E-state index contributed by atoms with van der Waals surface area (Å²) in [5.41, 5.74) is 2.06. The molecule has 1 heterocycles. The number of fused-ring (bicyclic) bond motifs is 1. The van der Waals surface area contributed by atoms with E-state index in [9.17, 15) is 9.59 Å². The van der Waals surface area contributed by atoms with Gasteiger partial charge in [0.1, 0.15) is 0 Å². The van der Waals surface area contributed by atoms with E-state index < -0.39 is 0 Å². The summed E-state index contributed by atoms with van der Waals surface area (Å²) in [6, 6.07) is 16.7. The van der Waals surface area contributed by atoms with Gasteiger partial charge in [-0.3, -0.25) is 14.9 Å². The molecule has 1 aromatic heterocycles. The van der Waals surface area contributed by atoms with Crippen molar-refractivity contribution >= 4 is 28.8 Å². The molecule has 0 spiro atoms. The highest BCUT2D eigenvalue weighted by atomic mass is 16.2. The summed E-state index contributed by atoms with van der Waals surface area (Å²) < 4.78 is 2.00. The van der Waals surface area contributed by atoms with Crippen LogP contribution in [-0.2, 0) is 10.3 Å². The average Bonchev–Trinajstić information content (AvgIpc) is 2.99. The van der Waals surface area contributed by atoms with E-state index in [1.54, 1.807) is 31.3 Å². The predicted molar refractivity (Wildman–Crippen MR) is 107 cm³/mol. The number of carbonyl (C=O) groups is 2. The van der Waals surface area contributed by atoms with E-state index in [1.807, 2.05) is 34.9 Å². The number of aromatic nitrogens is 2. The van der Waals surface area contributed by atoms with E-state index in [1.165, 1.54) is 4.90 Å². The fraction of sp³-hybridized carbons (Fsp3) is 0.286. The van der Waals surface area contributed by atoms with Gasteiger partial charge in [0.25, 0.3) is 5.91 Å². The number of hydrogen-bond acceptors (Lipinski definition) is 3. The maximum atomic E-state index is 12.6. The van der Waals surface area contributed by atoms with Crippen LogP contribution in [0, 0.1) is 0 Å². The van der Waals surface area contributed by atoms with Gasteiger partial charge >= 0.3 is 0 Å². The van der Waals surface area contributed by atoms with Gasteiger partial charge in [0, 0.05) is 18.2 Å². The normalized spacial score (nSPS) is 11.4. The van der Waals surface area contributed by atoms with E-state index in [0.717, 1.165) is 11.0 Å². The zero-order valence-electron chi connectivity index (χ0n) is 16.1. The Morgan fingerprint density at radius 2 is 1.67 bits per heavy atom. The third-order valence-electron chi connectivity index (χ3n) is 4.23. The Kier molecular flexibility index (Phi) is 4.99. The summed E-state index contributed by atoms with van der Waals surface area (Å²) in [6.07, 6.45) is 0. The smallest absolute Gasteiger partial charge is 0.254 e. The van der Waals surface area contributed by atoms with Crippen LogP contribution in [0.15, 0.2) is 54.6 Å². The van der Waals surface area contributed by atoms with Crippen molar-refractivity contribution in [2.45, 2.75) is 26.3 Å². The summed E-state index contributed by atoms with van der Waals surface area (Å²) in [7, 11) is 1.61. The maximum Gasteiger partial charge on any atom is 0.254 e. The molecule has 0 unspecified atom stereocenters. The Balaban J connectivity index is 1.79. The molecule has 0 bridgehead atoms. The Hall–Kier alpha value is -3.15. The summed E-state index contributed by atoms with van der Waals surface area (Å²) in [6.45, 7) is 6.12. The minimum absolute atomic E-state index is 0.0545. The third kappa shape index (κ3) is 4.00. The Morgan fingerprint density at radius 3 is 2.33 bits per heavy atom. The van der Waals surface area contributed by atoms with Crippen LogP contribution in [0.4, 0.5) is 5.95 Å². The van der Waals surface area contributed by atoms with Crippen molar-refractivity contribution in [2.24, 2.45) is 0 Å². The number of benzene rings is 2. The Labute approximate surface area is 158 Å². The molecule has 6 heteroatoms. The first-order chi connectivity index (χ1) is 12.8. The number of anilines is 1. The van der Waals surface area contributed by atoms with Crippen molar-refractivity contribution in [3.8, 4) is 0 Å². The monoisotopic (exact) mass is 364 g/mol. The van der Waals surface area contributed by atoms with Crippen LogP contribution in [-0.4, -0.2) is 39.9 Å². The molecule has 0 aliphatic carbocycles. The van der Waals surface area contributed by atoms with Crippen LogP contribution < -0.4 is 5.32 Å². The van der Waals surface area contributed by atoms with E-state index in [2.05, 4.69) is 31.1 Å². The summed E-state index contributed by atoms with van der Waals surface area (Å²) >= 11 is 0. The van der Waals surface area contributed by atoms with Crippen molar-refractivity contribution in [1.82, 2.24) is 14.5 Å². The number of nitrogens with zero attached hydrogens (tertiary/aromatic N) is 3. The first-order valence-electron chi connectivity index (χ1n) is 8.85. The van der Waals surface area contributed by atoms with Crippen LogP contribution in [0.1, 0.15) is 31.1 Å². The minimum Gasteiger partial charge on any atom is -0.332 e. The fourth-order valence-electron chi connectivity index (χ4n) is 3.04. The third-order valence-corrected chi connectivity index (χ3v) is 4.23. The molecular formula is C21H24N4O2. The molecule has 0 saturated heterocycles. The fourth-order valence-corrected chi connectivity index (χ4v) is 3.04. The van der Waals surface area contributed by atoms with Crippen LogP contribution in [0.5, 0.6) is 0 Å². The maximum absolute atomic E-state index is 12.6. The molecule has 0 aliphatic heterocycles. The molecule has 0 fully saturated rings. The Bertz CT molecular complexity index is 971. The lowest BCUT2D eigenvalue weighted by Gasteiger charge is -2.25. The van der Waals surface area contributed by atoms with Gasteiger partial charge in [0.2, 0.25) is 11.9 Å². The van der Waals surface area contributed by atoms with Gasteiger partial charge in [0.05, 0.1) is 17.6 Å². The van der Waals surface area contributed by atoms with Crippen LogP contribution >= 0.6 is 0 Å². The topological polar surface area (TPSA) is 67.2 Å². The zero-order valence-corrected chi connectivity index (χ0v) is 16.1. The number of likely N-dealkylation sites (N-methyl/N-ethyl adjacent to an activating group) is 1. The second-order valence-electron chi connectivity index (χ2n) is 7.51. The molecule has 0 aliphatic rings.